The van der Waals surface area contributed by atoms with E-state index in [0.717, 1.165) is 16.8 Å². The van der Waals surface area contributed by atoms with E-state index in [1.165, 1.54) is 0 Å². The van der Waals surface area contributed by atoms with Crippen molar-refractivity contribution >= 4 is 5.91 Å². The highest BCUT2D eigenvalue weighted by atomic mass is 16.2. The molecule has 0 aliphatic rings. The molecule has 0 saturated carbocycles. The lowest BCUT2D eigenvalue weighted by atomic mass is 10.1. The standard InChI is InChI=1S/C22H18N4O2/c27-21(18-11-12-19(25-22(18)28)16-7-2-1-3-8-16)23-15-17-9-4-5-10-20(17)26-14-6-13-24-26/h1-14H,15H2,(H,23,27)(H,25,28). The Kier molecular flexibility index (Phi) is 4.84. The maximum absolute atomic E-state index is 12.5. The summed E-state index contributed by atoms with van der Waals surface area (Å²) in [4.78, 5) is 27.7. The van der Waals surface area contributed by atoms with Crippen LogP contribution < -0.4 is 10.9 Å². The van der Waals surface area contributed by atoms with Gasteiger partial charge >= 0.3 is 0 Å². The summed E-state index contributed by atoms with van der Waals surface area (Å²) in [5.41, 5.74) is 3.00. The van der Waals surface area contributed by atoms with Gasteiger partial charge < -0.3 is 10.3 Å². The summed E-state index contributed by atoms with van der Waals surface area (Å²) in [6.45, 7) is 0.286. The second kappa shape index (κ2) is 7.75. The summed E-state index contributed by atoms with van der Waals surface area (Å²) < 4.78 is 1.74. The fraction of sp³-hybridized carbons (Fsp3) is 0.0455. The van der Waals surface area contributed by atoms with Crippen LogP contribution >= 0.6 is 0 Å². The highest BCUT2D eigenvalue weighted by molar-refractivity contribution is 5.94. The van der Waals surface area contributed by atoms with E-state index in [2.05, 4.69) is 15.4 Å². The Morgan fingerprint density at radius 1 is 0.964 bits per heavy atom. The molecule has 4 rings (SSSR count). The molecular weight excluding hydrogens is 352 g/mol. The number of nitrogens with one attached hydrogen (secondary N) is 2. The number of hydrogen-bond acceptors (Lipinski definition) is 3. The minimum Gasteiger partial charge on any atom is -0.348 e. The molecule has 6 nitrogen and oxygen atoms in total. The fourth-order valence-electron chi connectivity index (χ4n) is 3.00. The summed E-state index contributed by atoms with van der Waals surface area (Å²) >= 11 is 0. The van der Waals surface area contributed by atoms with Gasteiger partial charge in [0.15, 0.2) is 0 Å². The average molecular weight is 370 g/mol. The zero-order chi connectivity index (χ0) is 19.3. The number of nitrogens with zero attached hydrogens (tertiary/aromatic N) is 2. The Balaban J connectivity index is 1.52. The van der Waals surface area contributed by atoms with E-state index >= 15 is 0 Å². The second-order valence-corrected chi connectivity index (χ2v) is 6.24. The molecule has 2 heterocycles. The average Bonchev–Trinajstić information content (AvgIpc) is 3.27. The van der Waals surface area contributed by atoms with Crippen LogP contribution in [0.4, 0.5) is 0 Å². The topological polar surface area (TPSA) is 79.8 Å². The van der Waals surface area contributed by atoms with Crippen LogP contribution in [0.3, 0.4) is 0 Å². The van der Waals surface area contributed by atoms with Gasteiger partial charge in [0.25, 0.3) is 11.5 Å². The largest absolute Gasteiger partial charge is 0.348 e. The number of aromatic nitrogens is 3. The molecule has 2 aromatic heterocycles. The number of aromatic amines is 1. The lowest BCUT2D eigenvalue weighted by molar-refractivity contribution is 0.0949. The Morgan fingerprint density at radius 3 is 2.50 bits per heavy atom. The van der Waals surface area contributed by atoms with Crippen LogP contribution in [-0.2, 0) is 6.54 Å². The first-order valence-electron chi connectivity index (χ1n) is 8.87. The van der Waals surface area contributed by atoms with Crippen LogP contribution in [0.5, 0.6) is 0 Å². The molecule has 2 aromatic carbocycles. The second-order valence-electron chi connectivity index (χ2n) is 6.24. The molecule has 0 atom stereocenters. The van der Waals surface area contributed by atoms with Gasteiger partial charge in [-0.2, -0.15) is 5.10 Å². The van der Waals surface area contributed by atoms with E-state index in [9.17, 15) is 9.59 Å². The van der Waals surface area contributed by atoms with E-state index in [4.69, 9.17) is 0 Å². The van der Waals surface area contributed by atoms with Gasteiger partial charge in [0.2, 0.25) is 0 Å². The van der Waals surface area contributed by atoms with Crippen molar-refractivity contribution in [3.05, 3.63) is 107 Å². The van der Waals surface area contributed by atoms with E-state index < -0.39 is 11.5 Å². The number of carbonyl (C=O) groups excluding carboxylic acids is 1. The first kappa shape index (κ1) is 17.5. The summed E-state index contributed by atoms with van der Waals surface area (Å²) in [6.07, 6.45) is 3.54. The number of H-pyrrole nitrogens is 1. The first-order chi connectivity index (χ1) is 13.7. The van der Waals surface area contributed by atoms with Crippen molar-refractivity contribution in [2.45, 2.75) is 6.54 Å². The predicted octanol–water partition coefficient (Wildman–Crippen LogP) is 3.16. The van der Waals surface area contributed by atoms with Crippen molar-refractivity contribution in [3.8, 4) is 16.9 Å². The highest BCUT2D eigenvalue weighted by Crippen LogP contribution is 2.15. The molecular formula is C22H18N4O2. The molecule has 0 saturated heterocycles. The van der Waals surface area contributed by atoms with Crippen molar-refractivity contribution in [1.29, 1.82) is 0 Å². The Morgan fingerprint density at radius 2 is 1.75 bits per heavy atom. The molecule has 0 aliphatic heterocycles. The Labute approximate surface area is 161 Å². The number of amides is 1. The van der Waals surface area contributed by atoms with Crippen LogP contribution in [-0.4, -0.2) is 20.7 Å². The van der Waals surface area contributed by atoms with E-state index in [1.54, 1.807) is 23.0 Å². The molecule has 28 heavy (non-hydrogen) atoms. The monoisotopic (exact) mass is 370 g/mol. The lowest BCUT2D eigenvalue weighted by Gasteiger charge is -2.11. The van der Waals surface area contributed by atoms with E-state index in [1.807, 2.05) is 66.9 Å². The maximum atomic E-state index is 12.5. The minimum atomic E-state index is -0.420. The smallest absolute Gasteiger partial charge is 0.261 e. The SMILES string of the molecule is O=C(NCc1ccccc1-n1cccn1)c1ccc(-c2ccccc2)[nH]c1=O. The normalized spacial score (nSPS) is 10.6. The van der Waals surface area contributed by atoms with Crippen LogP contribution in [0.15, 0.2) is 90.0 Å². The van der Waals surface area contributed by atoms with Crippen molar-refractivity contribution in [2.75, 3.05) is 0 Å². The van der Waals surface area contributed by atoms with Crippen molar-refractivity contribution in [1.82, 2.24) is 20.1 Å². The van der Waals surface area contributed by atoms with Gasteiger partial charge in [0.05, 0.1) is 5.69 Å². The van der Waals surface area contributed by atoms with Crippen LogP contribution in [0.25, 0.3) is 16.9 Å². The molecule has 0 radical (unpaired) electrons. The molecule has 0 spiro atoms. The molecule has 1 amide bonds. The predicted molar refractivity (Wildman–Crippen MR) is 107 cm³/mol. The van der Waals surface area contributed by atoms with Crippen molar-refractivity contribution in [2.24, 2.45) is 0 Å². The Hall–Kier alpha value is -3.93. The van der Waals surface area contributed by atoms with Crippen LogP contribution in [0, 0.1) is 0 Å². The van der Waals surface area contributed by atoms with Crippen molar-refractivity contribution in [3.63, 3.8) is 0 Å². The molecule has 4 aromatic rings. The van der Waals surface area contributed by atoms with E-state index in [0.29, 0.717) is 5.69 Å². The van der Waals surface area contributed by atoms with Gasteiger partial charge in [-0.05, 0) is 35.4 Å². The summed E-state index contributed by atoms with van der Waals surface area (Å²) in [5, 5.41) is 7.05. The molecule has 0 unspecified atom stereocenters. The first-order valence-corrected chi connectivity index (χ1v) is 8.87. The fourth-order valence-corrected chi connectivity index (χ4v) is 3.00. The van der Waals surface area contributed by atoms with Crippen molar-refractivity contribution < 1.29 is 4.79 Å². The van der Waals surface area contributed by atoms with Gasteiger partial charge in [-0.25, -0.2) is 4.68 Å². The zero-order valence-corrected chi connectivity index (χ0v) is 15.0. The third-order valence-electron chi connectivity index (χ3n) is 4.42. The third-order valence-corrected chi connectivity index (χ3v) is 4.42. The number of benzene rings is 2. The van der Waals surface area contributed by atoms with Crippen LogP contribution in [0.2, 0.25) is 0 Å². The quantitative estimate of drug-likeness (QED) is 0.566. The zero-order valence-electron chi connectivity index (χ0n) is 15.0. The van der Waals surface area contributed by atoms with Gasteiger partial charge in [-0.1, -0.05) is 48.5 Å². The molecule has 0 fully saturated rings. The Bertz CT molecular complexity index is 1150. The highest BCUT2D eigenvalue weighted by Gasteiger charge is 2.12. The van der Waals surface area contributed by atoms with Gasteiger partial charge in [-0.3, -0.25) is 9.59 Å². The van der Waals surface area contributed by atoms with Gasteiger partial charge in [-0.15, -0.1) is 0 Å². The maximum Gasteiger partial charge on any atom is 0.261 e. The summed E-state index contributed by atoms with van der Waals surface area (Å²) in [5.74, 6) is -0.420. The molecule has 6 heteroatoms. The summed E-state index contributed by atoms with van der Waals surface area (Å²) in [6, 6.07) is 22.3. The minimum absolute atomic E-state index is 0.0799. The van der Waals surface area contributed by atoms with Gasteiger partial charge in [0.1, 0.15) is 5.56 Å². The molecule has 2 N–H and O–H groups in total. The molecule has 138 valence electrons. The molecule has 0 aliphatic carbocycles. The van der Waals surface area contributed by atoms with Crippen LogP contribution in [0.1, 0.15) is 15.9 Å². The lowest BCUT2D eigenvalue weighted by Crippen LogP contribution is -2.29. The van der Waals surface area contributed by atoms with Gasteiger partial charge in [0, 0.05) is 24.6 Å². The number of rotatable bonds is 5. The number of para-hydroxylation sites is 1. The number of pyridine rings is 1. The van der Waals surface area contributed by atoms with E-state index in [-0.39, 0.29) is 12.1 Å². The molecule has 0 bridgehead atoms. The summed E-state index contributed by atoms with van der Waals surface area (Å²) in [7, 11) is 0. The number of hydrogen-bond donors (Lipinski definition) is 2. The number of carbonyl (C=O) groups is 1. The third kappa shape index (κ3) is 3.61.